The molecule has 0 aliphatic heterocycles. The van der Waals surface area contributed by atoms with Crippen LogP contribution in [-0.4, -0.2) is 11.3 Å². The van der Waals surface area contributed by atoms with Crippen LogP contribution >= 0.6 is 0 Å². The minimum atomic E-state index is -1.28. The molecule has 0 unspecified atom stereocenters. The van der Waals surface area contributed by atoms with Crippen molar-refractivity contribution in [3.8, 4) is 5.75 Å². The van der Waals surface area contributed by atoms with Gasteiger partial charge < -0.3 is 9.84 Å². The van der Waals surface area contributed by atoms with Gasteiger partial charge in [-0.05, 0) is 43.0 Å². The fraction of sp³-hybridized carbons (Fsp3) is 0.250. The van der Waals surface area contributed by atoms with Gasteiger partial charge in [0.1, 0.15) is 5.75 Å². The van der Waals surface area contributed by atoms with E-state index in [1.54, 1.807) is 12.1 Å². The summed E-state index contributed by atoms with van der Waals surface area (Å²) in [6, 6.07) is 5.27. The summed E-state index contributed by atoms with van der Waals surface area (Å²) in [5.74, 6) is 0.368. The summed E-state index contributed by atoms with van der Waals surface area (Å²) in [5, 5.41) is 8.46. The molecule has 15 heavy (non-hydrogen) atoms. The number of carboxylic acid groups (broad SMARTS) is 1. The number of benzene rings is 1. The molecule has 1 rings (SSSR count). The Labute approximate surface area is 89.0 Å². The van der Waals surface area contributed by atoms with E-state index in [0.29, 0.717) is 5.75 Å². The van der Waals surface area contributed by atoms with Gasteiger partial charge in [0, 0.05) is 0 Å². The Bertz CT molecular complexity index is 369. The summed E-state index contributed by atoms with van der Waals surface area (Å²) in [7, 11) is 0. The molecule has 1 N–H and O–H groups in total. The lowest BCUT2D eigenvalue weighted by Gasteiger charge is -2.06. The zero-order valence-corrected chi connectivity index (χ0v) is 8.69. The fourth-order valence-electron chi connectivity index (χ4n) is 1.34. The SMILES string of the molecule is C=CCCc1cc(OC(=O)O)ccc1C. The molecule has 0 bridgehead atoms. The Hall–Kier alpha value is -1.77. The highest BCUT2D eigenvalue weighted by atomic mass is 16.7. The van der Waals surface area contributed by atoms with Crippen molar-refractivity contribution in [1.82, 2.24) is 0 Å². The second kappa shape index (κ2) is 5.20. The molecule has 3 heteroatoms. The third-order valence-corrected chi connectivity index (χ3v) is 2.14. The van der Waals surface area contributed by atoms with Crippen LogP contribution in [0.1, 0.15) is 17.5 Å². The molecule has 1 aromatic rings. The average molecular weight is 206 g/mol. The molecule has 1 aromatic carbocycles. The molecular formula is C12H14O3. The Kier molecular flexibility index (Phi) is 3.92. The average Bonchev–Trinajstić information content (AvgIpc) is 2.18. The smallest absolute Gasteiger partial charge is 0.449 e. The first-order chi connectivity index (χ1) is 7.13. The van der Waals surface area contributed by atoms with E-state index in [1.165, 1.54) is 0 Å². The topological polar surface area (TPSA) is 46.5 Å². The maximum absolute atomic E-state index is 10.3. The van der Waals surface area contributed by atoms with Crippen molar-refractivity contribution in [3.63, 3.8) is 0 Å². The third kappa shape index (κ3) is 3.46. The first-order valence-corrected chi connectivity index (χ1v) is 4.74. The van der Waals surface area contributed by atoms with Gasteiger partial charge in [-0.2, -0.15) is 0 Å². The summed E-state index contributed by atoms with van der Waals surface area (Å²) in [5.41, 5.74) is 2.23. The van der Waals surface area contributed by atoms with Gasteiger partial charge in [0.2, 0.25) is 0 Å². The lowest BCUT2D eigenvalue weighted by molar-refractivity contribution is 0.144. The second-order valence-corrected chi connectivity index (χ2v) is 3.28. The molecule has 0 amide bonds. The normalized spacial score (nSPS) is 9.67. The molecule has 0 fully saturated rings. The van der Waals surface area contributed by atoms with Crippen LogP contribution in [0.25, 0.3) is 0 Å². The van der Waals surface area contributed by atoms with E-state index in [2.05, 4.69) is 11.3 Å². The highest BCUT2D eigenvalue weighted by molar-refractivity contribution is 5.61. The molecule has 0 spiro atoms. The predicted octanol–water partition coefficient (Wildman–Crippen LogP) is 3.17. The Balaban J connectivity index is 2.84. The molecule has 0 saturated heterocycles. The van der Waals surface area contributed by atoms with Crippen LogP contribution in [-0.2, 0) is 6.42 Å². The van der Waals surface area contributed by atoms with E-state index in [1.807, 2.05) is 19.1 Å². The summed E-state index contributed by atoms with van der Waals surface area (Å²) in [6.07, 6.45) is 2.28. The van der Waals surface area contributed by atoms with Crippen LogP contribution in [0.4, 0.5) is 4.79 Å². The molecule has 0 saturated carbocycles. The van der Waals surface area contributed by atoms with Crippen molar-refractivity contribution >= 4 is 6.16 Å². The van der Waals surface area contributed by atoms with Gasteiger partial charge in [0.15, 0.2) is 0 Å². The molecule has 0 radical (unpaired) electrons. The highest BCUT2D eigenvalue weighted by Crippen LogP contribution is 2.19. The number of rotatable bonds is 4. The number of aryl methyl sites for hydroxylation is 2. The number of hydrogen-bond acceptors (Lipinski definition) is 2. The molecule has 0 atom stereocenters. The standard InChI is InChI=1S/C12H14O3/c1-3-4-5-10-8-11(15-12(13)14)7-6-9(10)2/h3,6-8H,1,4-5H2,2H3,(H,13,14). The molecular weight excluding hydrogens is 192 g/mol. The molecule has 3 nitrogen and oxygen atoms in total. The van der Waals surface area contributed by atoms with Gasteiger partial charge in [-0.15, -0.1) is 6.58 Å². The minimum absolute atomic E-state index is 0.368. The van der Waals surface area contributed by atoms with Gasteiger partial charge in [-0.25, -0.2) is 4.79 Å². The second-order valence-electron chi connectivity index (χ2n) is 3.28. The summed E-state index contributed by atoms with van der Waals surface area (Å²) in [4.78, 5) is 10.3. The van der Waals surface area contributed by atoms with E-state index in [0.717, 1.165) is 24.0 Å². The van der Waals surface area contributed by atoms with E-state index in [9.17, 15) is 4.79 Å². The molecule has 0 aliphatic rings. The Morgan fingerprint density at radius 2 is 2.33 bits per heavy atom. The lowest BCUT2D eigenvalue weighted by atomic mass is 10.0. The van der Waals surface area contributed by atoms with Gasteiger partial charge in [-0.1, -0.05) is 12.1 Å². The van der Waals surface area contributed by atoms with Crippen molar-refractivity contribution in [2.45, 2.75) is 19.8 Å². The zero-order chi connectivity index (χ0) is 11.3. The summed E-state index contributed by atoms with van der Waals surface area (Å²) in [6.45, 7) is 5.64. The maximum Gasteiger partial charge on any atom is 0.511 e. The number of hydrogen-bond donors (Lipinski definition) is 1. The number of ether oxygens (including phenoxy) is 1. The van der Waals surface area contributed by atoms with Crippen molar-refractivity contribution in [2.24, 2.45) is 0 Å². The molecule has 0 aromatic heterocycles. The highest BCUT2D eigenvalue weighted by Gasteiger charge is 2.04. The zero-order valence-electron chi connectivity index (χ0n) is 8.69. The maximum atomic E-state index is 10.3. The van der Waals surface area contributed by atoms with Crippen LogP contribution in [0.5, 0.6) is 5.75 Å². The van der Waals surface area contributed by atoms with E-state index in [-0.39, 0.29) is 0 Å². The molecule has 80 valence electrons. The largest absolute Gasteiger partial charge is 0.511 e. The van der Waals surface area contributed by atoms with Gasteiger partial charge in [-0.3, -0.25) is 0 Å². The Morgan fingerprint density at radius 3 is 2.93 bits per heavy atom. The van der Waals surface area contributed by atoms with Crippen LogP contribution < -0.4 is 4.74 Å². The summed E-state index contributed by atoms with van der Waals surface area (Å²) >= 11 is 0. The monoisotopic (exact) mass is 206 g/mol. The summed E-state index contributed by atoms with van der Waals surface area (Å²) < 4.78 is 4.58. The quantitative estimate of drug-likeness (QED) is 0.467. The lowest BCUT2D eigenvalue weighted by Crippen LogP contribution is -2.03. The van der Waals surface area contributed by atoms with Crippen molar-refractivity contribution < 1.29 is 14.6 Å². The number of allylic oxidation sites excluding steroid dienone is 1. The first kappa shape index (κ1) is 11.3. The van der Waals surface area contributed by atoms with E-state index >= 15 is 0 Å². The van der Waals surface area contributed by atoms with Gasteiger partial charge in [0.05, 0.1) is 0 Å². The van der Waals surface area contributed by atoms with Crippen LogP contribution in [0.3, 0.4) is 0 Å². The van der Waals surface area contributed by atoms with Crippen LogP contribution in [0.2, 0.25) is 0 Å². The fourth-order valence-corrected chi connectivity index (χ4v) is 1.34. The van der Waals surface area contributed by atoms with Crippen molar-refractivity contribution in [2.75, 3.05) is 0 Å². The van der Waals surface area contributed by atoms with E-state index < -0.39 is 6.16 Å². The predicted molar refractivity (Wildman–Crippen MR) is 58.3 cm³/mol. The van der Waals surface area contributed by atoms with Crippen molar-refractivity contribution in [1.29, 1.82) is 0 Å². The van der Waals surface area contributed by atoms with Gasteiger partial charge >= 0.3 is 6.16 Å². The van der Waals surface area contributed by atoms with E-state index in [4.69, 9.17) is 5.11 Å². The van der Waals surface area contributed by atoms with Crippen LogP contribution in [0, 0.1) is 6.92 Å². The van der Waals surface area contributed by atoms with Gasteiger partial charge in [0.25, 0.3) is 0 Å². The number of carbonyl (C=O) groups is 1. The Morgan fingerprint density at radius 1 is 1.60 bits per heavy atom. The van der Waals surface area contributed by atoms with Crippen LogP contribution in [0.15, 0.2) is 30.9 Å². The molecule has 0 heterocycles. The minimum Gasteiger partial charge on any atom is -0.449 e. The first-order valence-electron chi connectivity index (χ1n) is 4.74. The van der Waals surface area contributed by atoms with Crippen molar-refractivity contribution in [3.05, 3.63) is 42.0 Å². The third-order valence-electron chi connectivity index (χ3n) is 2.14. The molecule has 0 aliphatic carbocycles.